The zero-order valence-corrected chi connectivity index (χ0v) is 8.48. The molecule has 3 nitrogen and oxygen atoms in total. The third kappa shape index (κ3) is 4.36. The quantitative estimate of drug-likeness (QED) is 0.718. The topological polar surface area (TPSA) is 38.3 Å². The number of carbonyl (C=O) groups is 1. The molecule has 0 heterocycles. The molecule has 0 atom stereocenters. The van der Waals surface area contributed by atoms with Crippen molar-refractivity contribution >= 4 is 17.7 Å². The lowest BCUT2D eigenvalue weighted by molar-refractivity contribution is 0.146. The molecule has 0 bridgehead atoms. The van der Waals surface area contributed by atoms with Gasteiger partial charge in [0.1, 0.15) is 6.61 Å². The first kappa shape index (κ1) is 10.6. The Morgan fingerprint density at radius 3 is 2.69 bits per heavy atom. The van der Waals surface area contributed by atoms with Crippen molar-refractivity contribution in [3.8, 4) is 0 Å². The summed E-state index contributed by atoms with van der Waals surface area (Å²) in [7, 11) is 0. The van der Waals surface area contributed by atoms with E-state index in [2.05, 4.69) is 5.32 Å². The first-order valence-corrected chi connectivity index (χ1v) is 5.35. The van der Waals surface area contributed by atoms with E-state index in [0.29, 0.717) is 18.5 Å². The van der Waals surface area contributed by atoms with Gasteiger partial charge in [0.2, 0.25) is 0 Å². The van der Waals surface area contributed by atoms with E-state index in [1.54, 1.807) is 0 Å². The SMILES string of the molecule is O=C(NC1CCCCC1)OCCCl. The number of nitrogens with one attached hydrogen (secondary N) is 1. The predicted octanol–water partition coefficient (Wildman–Crippen LogP) is 2.28. The summed E-state index contributed by atoms with van der Waals surface area (Å²) in [6, 6.07) is 0.316. The van der Waals surface area contributed by atoms with Gasteiger partial charge in [-0.2, -0.15) is 0 Å². The van der Waals surface area contributed by atoms with Crippen LogP contribution in [0.2, 0.25) is 0 Å². The summed E-state index contributed by atoms with van der Waals surface area (Å²) in [5.74, 6) is 0.359. The van der Waals surface area contributed by atoms with Crippen LogP contribution >= 0.6 is 11.6 Å². The summed E-state index contributed by atoms with van der Waals surface area (Å²) >= 11 is 5.38. The largest absolute Gasteiger partial charge is 0.448 e. The average Bonchev–Trinajstić information content (AvgIpc) is 2.16. The number of halogens is 1. The van der Waals surface area contributed by atoms with Crippen LogP contribution in [-0.2, 0) is 4.74 Å². The van der Waals surface area contributed by atoms with Crippen LogP contribution in [0.15, 0.2) is 0 Å². The van der Waals surface area contributed by atoms with E-state index >= 15 is 0 Å². The number of hydrogen-bond donors (Lipinski definition) is 1. The second-order valence-electron chi connectivity index (χ2n) is 3.30. The molecule has 0 radical (unpaired) electrons. The van der Waals surface area contributed by atoms with Gasteiger partial charge in [0.15, 0.2) is 0 Å². The molecule has 0 spiro atoms. The van der Waals surface area contributed by atoms with Gasteiger partial charge >= 0.3 is 6.09 Å². The van der Waals surface area contributed by atoms with Gasteiger partial charge < -0.3 is 10.1 Å². The molecule has 0 aromatic carbocycles. The van der Waals surface area contributed by atoms with E-state index in [4.69, 9.17) is 16.3 Å². The molecule has 0 aliphatic heterocycles. The lowest BCUT2D eigenvalue weighted by atomic mass is 9.96. The Labute approximate surface area is 83.8 Å². The molecule has 0 aromatic heterocycles. The van der Waals surface area contributed by atoms with Crippen LogP contribution in [0.1, 0.15) is 32.1 Å². The van der Waals surface area contributed by atoms with E-state index in [9.17, 15) is 4.79 Å². The molecular formula is C9H16ClNO2. The normalized spacial score (nSPS) is 18.2. The number of alkyl halides is 1. The fraction of sp³-hybridized carbons (Fsp3) is 0.889. The molecule has 1 aliphatic rings. The summed E-state index contributed by atoms with van der Waals surface area (Å²) in [5.41, 5.74) is 0. The van der Waals surface area contributed by atoms with Crippen LogP contribution in [0, 0.1) is 0 Å². The number of ether oxygens (including phenoxy) is 1. The monoisotopic (exact) mass is 205 g/mol. The van der Waals surface area contributed by atoms with Crippen molar-refractivity contribution in [1.82, 2.24) is 5.32 Å². The van der Waals surface area contributed by atoms with E-state index in [-0.39, 0.29) is 6.09 Å². The first-order valence-electron chi connectivity index (χ1n) is 4.82. The molecule has 1 N–H and O–H groups in total. The van der Waals surface area contributed by atoms with Gasteiger partial charge in [-0.15, -0.1) is 11.6 Å². The highest BCUT2D eigenvalue weighted by Crippen LogP contribution is 2.17. The molecule has 1 aliphatic carbocycles. The smallest absolute Gasteiger partial charge is 0.407 e. The third-order valence-corrected chi connectivity index (χ3v) is 2.39. The summed E-state index contributed by atoms with van der Waals surface area (Å²) in [4.78, 5) is 11.1. The Morgan fingerprint density at radius 1 is 1.38 bits per heavy atom. The lowest BCUT2D eigenvalue weighted by Gasteiger charge is -2.22. The first-order chi connectivity index (χ1) is 6.33. The van der Waals surface area contributed by atoms with Crippen LogP contribution in [0.5, 0.6) is 0 Å². The Kier molecular flexibility index (Phi) is 4.98. The van der Waals surface area contributed by atoms with E-state index in [0.717, 1.165) is 12.8 Å². The molecule has 76 valence electrons. The van der Waals surface area contributed by atoms with Gasteiger partial charge in [0.25, 0.3) is 0 Å². The standard InChI is InChI=1S/C9H16ClNO2/c10-6-7-13-9(12)11-8-4-2-1-3-5-8/h8H,1-7H2,(H,11,12). The van der Waals surface area contributed by atoms with Crippen LogP contribution in [0.3, 0.4) is 0 Å². The molecule has 1 amide bonds. The van der Waals surface area contributed by atoms with E-state index in [1.807, 2.05) is 0 Å². The molecule has 1 fully saturated rings. The maximum absolute atomic E-state index is 11.1. The predicted molar refractivity (Wildman–Crippen MR) is 52.1 cm³/mol. The Bertz CT molecular complexity index is 158. The Morgan fingerprint density at radius 2 is 2.08 bits per heavy atom. The third-order valence-electron chi connectivity index (χ3n) is 2.24. The highest BCUT2D eigenvalue weighted by atomic mass is 35.5. The lowest BCUT2D eigenvalue weighted by Crippen LogP contribution is -2.36. The van der Waals surface area contributed by atoms with Crippen molar-refractivity contribution in [3.05, 3.63) is 0 Å². The summed E-state index contributed by atoms with van der Waals surface area (Å²) < 4.78 is 4.81. The summed E-state index contributed by atoms with van der Waals surface area (Å²) in [6.07, 6.45) is 5.54. The zero-order chi connectivity index (χ0) is 9.52. The minimum Gasteiger partial charge on any atom is -0.448 e. The molecule has 13 heavy (non-hydrogen) atoms. The Hall–Kier alpha value is -0.440. The maximum Gasteiger partial charge on any atom is 0.407 e. The van der Waals surface area contributed by atoms with Crippen LogP contribution in [0.4, 0.5) is 4.79 Å². The number of carbonyl (C=O) groups excluding carboxylic acids is 1. The van der Waals surface area contributed by atoms with Crippen molar-refractivity contribution in [2.45, 2.75) is 38.1 Å². The molecule has 1 rings (SSSR count). The van der Waals surface area contributed by atoms with Crippen molar-refractivity contribution in [2.24, 2.45) is 0 Å². The van der Waals surface area contributed by atoms with Crippen LogP contribution in [0.25, 0.3) is 0 Å². The highest BCUT2D eigenvalue weighted by Gasteiger charge is 2.15. The summed E-state index contributed by atoms with van der Waals surface area (Å²) in [6.45, 7) is 0.292. The minimum atomic E-state index is -0.326. The second-order valence-corrected chi connectivity index (χ2v) is 3.68. The number of alkyl carbamates (subject to hydrolysis) is 1. The van der Waals surface area contributed by atoms with Crippen molar-refractivity contribution in [3.63, 3.8) is 0 Å². The van der Waals surface area contributed by atoms with Crippen LogP contribution < -0.4 is 5.32 Å². The molecule has 0 saturated heterocycles. The van der Waals surface area contributed by atoms with Gasteiger partial charge in [-0.1, -0.05) is 19.3 Å². The van der Waals surface area contributed by atoms with Gasteiger partial charge in [-0.05, 0) is 12.8 Å². The van der Waals surface area contributed by atoms with Gasteiger partial charge in [-0.3, -0.25) is 0 Å². The number of amides is 1. The average molecular weight is 206 g/mol. The minimum absolute atomic E-state index is 0.292. The highest BCUT2D eigenvalue weighted by molar-refractivity contribution is 6.18. The molecular weight excluding hydrogens is 190 g/mol. The van der Waals surface area contributed by atoms with Crippen molar-refractivity contribution in [2.75, 3.05) is 12.5 Å². The summed E-state index contributed by atoms with van der Waals surface area (Å²) in [5, 5.41) is 2.83. The van der Waals surface area contributed by atoms with Crippen molar-refractivity contribution in [1.29, 1.82) is 0 Å². The van der Waals surface area contributed by atoms with Gasteiger partial charge in [0.05, 0.1) is 5.88 Å². The van der Waals surface area contributed by atoms with E-state index < -0.39 is 0 Å². The molecule has 0 unspecified atom stereocenters. The fourth-order valence-electron chi connectivity index (χ4n) is 1.59. The van der Waals surface area contributed by atoms with Crippen molar-refractivity contribution < 1.29 is 9.53 Å². The number of rotatable bonds is 3. The number of hydrogen-bond acceptors (Lipinski definition) is 2. The fourth-order valence-corrected chi connectivity index (χ4v) is 1.66. The maximum atomic E-state index is 11.1. The van der Waals surface area contributed by atoms with E-state index in [1.165, 1.54) is 19.3 Å². The molecule has 4 heteroatoms. The second kappa shape index (κ2) is 6.08. The molecule has 0 aromatic rings. The zero-order valence-electron chi connectivity index (χ0n) is 7.72. The Balaban J connectivity index is 2.11. The van der Waals surface area contributed by atoms with Gasteiger partial charge in [0, 0.05) is 6.04 Å². The van der Waals surface area contributed by atoms with Crippen LogP contribution in [-0.4, -0.2) is 24.6 Å². The van der Waals surface area contributed by atoms with Gasteiger partial charge in [-0.25, -0.2) is 4.79 Å². The molecule has 1 saturated carbocycles.